The average molecular weight is 352 g/mol. The van der Waals surface area contributed by atoms with Gasteiger partial charge in [0.1, 0.15) is 11.6 Å². The van der Waals surface area contributed by atoms with E-state index in [4.69, 9.17) is 4.74 Å². The van der Waals surface area contributed by atoms with Crippen LogP contribution < -0.4 is 10.1 Å². The van der Waals surface area contributed by atoms with Crippen molar-refractivity contribution in [2.45, 2.75) is 19.4 Å². The molecule has 0 amide bonds. The standard InChI is InChI=1S/C17H19BrFNO/c1-3-20-17(13-5-7-14(21-2)8-6-13)11-12-4-9-16(19)15(18)10-12/h4-10,17,20H,3,11H2,1-2H3. The maximum atomic E-state index is 13.3. The molecule has 0 saturated carbocycles. The van der Waals surface area contributed by atoms with Crippen LogP contribution in [0, 0.1) is 5.82 Å². The van der Waals surface area contributed by atoms with Crippen LogP contribution in [0.4, 0.5) is 4.39 Å². The molecule has 1 N–H and O–H groups in total. The summed E-state index contributed by atoms with van der Waals surface area (Å²) >= 11 is 3.24. The Morgan fingerprint density at radius 2 is 1.90 bits per heavy atom. The van der Waals surface area contributed by atoms with Crippen LogP contribution in [-0.2, 0) is 6.42 Å². The number of ether oxygens (including phenoxy) is 1. The minimum atomic E-state index is -0.233. The molecular weight excluding hydrogens is 333 g/mol. The molecule has 0 heterocycles. The Balaban J connectivity index is 2.19. The van der Waals surface area contributed by atoms with E-state index in [1.165, 1.54) is 11.6 Å². The van der Waals surface area contributed by atoms with Gasteiger partial charge in [-0.1, -0.05) is 25.1 Å². The molecule has 0 fully saturated rings. The van der Waals surface area contributed by atoms with Gasteiger partial charge in [-0.05, 0) is 64.3 Å². The zero-order valence-corrected chi connectivity index (χ0v) is 13.8. The van der Waals surface area contributed by atoms with Gasteiger partial charge in [0.05, 0.1) is 11.6 Å². The van der Waals surface area contributed by atoms with Crippen molar-refractivity contribution in [1.29, 1.82) is 0 Å². The van der Waals surface area contributed by atoms with Gasteiger partial charge in [-0.15, -0.1) is 0 Å². The Kier molecular flexibility index (Phi) is 5.76. The average Bonchev–Trinajstić information content (AvgIpc) is 2.50. The zero-order chi connectivity index (χ0) is 15.2. The van der Waals surface area contributed by atoms with Crippen molar-refractivity contribution in [3.05, 3.63) is 63.9 Å². The summed E-state index contributed by atoms with van der Waals surface area (Å²) in [6.45, 7) is 2.95. The Labute approximate surface area is 133 Å². The number of benzene rings is 2. The van der Waals surface area contributed by atoms with Gasteiger partial charge in [0.2, 0.25) is 0 Å². The van der Waals surface area contributed by atoms with Crippen LogP contribution in [0.15, 0.2) is 46.9 Å². The quantitative estimate of drug-likeness (QED) is 0.827. The molecule has 0 aliphatic rings. The molecule has 2 aromatic rings. The molecule has 0 bridgehead atoms. The Morgan fingerprint density at radius 1 is 1.19 bits per heavy atom. The fourth-order valence-electron chi connectivity index (χ4n) is 2.29. The first-order valence-corrected chi connectivity index (χ1v) is 7.74. The van der Waals surface area contributed by atoms with E-state index in [9.17, 15) is 4.39 Å². The summed E-state index contributed by atoms with van der Waals surface area (Å²) in [7, 11) is 1.66. The smallest absolute Gasteiger partial charge is 0.137 e. The van der Waals surface area contributed by atoms with E-state index in [1.54, 1.807) is 7.11 Å². The van der Waals surface area contributed by atoms with Gasteiger partial charge in [-0.3, -0.25) is 0 Å². The monoisotopic (exact) mass is 351 g/mol. The van der Waals surface area contributed by atoms with Crippen molar-refractivity contribution >= 4 is 15.9 Å². The summed E-state index contributed by atoms with van der Waals surface area (Å²) in [6.07, 6.45) is 0.805. The Bertz CT molecular complexity index is 586. The number of hydrogen-bond donors (Lipinski definition) is 1. The van der Waals surface area contributed by atoms with Gasteiger partial charge in [-0.25, -0.2) is 4.39 Å². The number of nitrogens with one attached hydrogen (secondary N) is 1. The van der Waals surface area contributed by atoms with Crippen molar-refractivity contribution in [2.24, 2.45) is 0 Å². The summed E-state index contributed by atoms with van der Waals surface area (Å²) in [5.41, 5.74) is 2.28. The SMILES string of the molecule is CCNC(Cc1ccc(F)c(Br)c1)c1ccc(OC)cc1. The van der Waals surface area contributed by atoms with Gasteiger partial charge >= 0.3 is 0 Å². The highest BCUT2D eigenvalue weighted by Gasteiger charge is 2.12. The van der Waals surface area contributed by atoms with Gasteiger partial charge < -0.3 is 10.1 Å². The van der Waals surface area contributed by atoms with E-state index < -0.39 is 0 Å². The highest BCUT2D eigenvalue weighted by atomic mass is 79.9. The molecule has 0 aliphatic heterocycles. The van der Waals surface area contributed by atoms with E-state index in [0.29, 0.717) is 4.47 Å². The largest absolute Gasteiger partial charge is 0.497 e. The second-order valence-corrected chi connectivity index (χ2v) is 5.69. The first-order valence-electron chi connectivity index (χ1n) is 6.95. The molecular formula is C17H19BrFNO. The number of methoxy groups -OCH3 is 1. The third-order valence-corrected chi connectivity index (χ3v) is 4.00. The summed E-state index contributed by atoms with van der Waals surface area (Å²) in [5.74, 6) is 0.613. The second-order valence-electron chi connectivity index (χ2n) is 4.84. The molecule has 0 aliphatic carbocycles. The predicted molar refractivity (Wildman–Crippen MR) is 87.2 cm³/mol. The van der Waals surface area contributed by atoms with Gasteiger partial charge in [0, 0.05) is 6.04 Å². The Hall–Kier alpha value is -1.39. The Morgan fingerprint density at radius 3 is 2.48 bits per heavy atom. The first-order chi connectivity index (χ1) is 10.1. The minimum Gasteiger partial charge on any atom is -0.497 e. The van der Waals surface area contributed by atoms with E-state index >= 15 is 0 Å². The summed E-state index contributed by atoms with van der Waals surface area (Å²) in [4.78, 5) is 0. The van der Waals surface area contributed by atoms with Crippen molar-refractivity contribution in [1.82, 2.24) is 5.32 Å². The molecule has 0 aromatic heterocycles. The summed E-state index contributed by atoms with van der Waals surface area (Å²) in [6, 6.07) is 13.4. The van der Waals surface area contributed by atoms with Crippen LogP contribution in [0.2, 0.25) is 0 Å². The predicted octanol–water partition coefficient (Wildman–Crippen LogP) is 4.49. The molecule has 1 unspecified atom stereocenters. The second kappa shape index (κ2) is 7.57. The van der Waals surface area contributed by atoms with Crippen molar-refractivity contribution in [3.8, 4) is 5.75 Å². The van der Waals surface area contributed by atoms with Crippen LogP contribution in [0.5, 0.6) is 5.75 Å². The highest BCUT2D eigenvalue weighted by Crippen LogP contribution is 2.24. The zero-order valence-electron chi connectivity index (χ0n) is 12.2. The third-order valence-electron chi connectivity index (χ3n) is 3.39. The van der Waals surface area contributed by atoms with Crippen molar-refractivity contribution < 1.29 is 9.13 Å². The lowest BCUT2D eigenvalue weighted by Crippen LogP contribution is -2.22. The molecule has 1 atom stereocenters. The summed E-state index contributed by atoms with van der Waals surface area (Å²) < 4.78 is 19.0. The highest BCUT2D eigenvalue weighted by molar-refractivity contribution is 9.10. The van der Waals surface area contributed by atoms with E-state index in [1.807, 2.05) is 24.3 Å². The maximum absolute atomic E-state index is 13.3. The lowest BCUT2D eigenvalue weighted by molar-refractivity contribution is 0.414. The minimum absolute atomic E-state index is 0.193. The van der Waals surface area contributed by atoms with Crippen molar-refractivity contribution in [3.63, 3.8) is 0 Å². The molecule has 21 heavy (non-hydrogen) atoms. The molecule has 2 aromatic carbocycles. The van der Waals surface area contributed by atoms with Gasteiger partial charge in [-0.2, -0.15) is 0 Å². The molecule has 0 saturated heterocycles. The van der Waals surface area contributed by atoms with Crippen LogP contribution in [0.3, 0.4) is 0 Å². The maximum Gasteiger partial charge on any atom is 0.137 e. The van der Waals surface area contributed by atoms with Gasteiger partial charge in [0.15, 0.2) is 0 Å². The normalized spacial score (nSPS) is 12.2. The molecule has 2 rings (SSSR count). The number of hydrogen-bond acceptors (Lipinski definition) is 2. The lowest BCUT2D eigenvalue weighted by atomic mass is 9.98. The molecule has 112 valence electrons. The fourth-order valence-corrected chi connectivity index (χ4v) is 2.72. The molecule has 4 heteroatoms. The third kappa shape index (κ3) is 4.29. The lowest BCUT2D eigenvalue weighted by Gasteiger charge is -2.19. The van der Waals surface area contributed by atoms with Crippen LogP contribution in [-0.4, -0.2) is 13.7 Å². The van der Waals surface area contributed by atoms with Crippen LogP contribution >= 0.6 is 15.9 Å². The van der Waals surface area contributed by atoms with E-state index in [0.717, 1.165) is 24.3 Å². The molecule has 2 nitrogen and oxygen atoms in total. The molecule has 0 spiro atoms. The first kappa shape index (κ1) is 16.0. The van der Waals surface area contributed by atoms with Crippen LogP contribution in [0.25, 0.3) is 0 Å². The fraction of sp³-hybridized carbons (Fsp3) is 0.294. The number of rotatable bonds is 6. The summed E-state index contributed by atoms with van der Waals surface area (Å²) in [5, 5.41) is 3.47. The van der Waals surface area contributed by atoms with Gasteiger partial charge in [0.25, 0.3) is 0 Å². The number of likely N-dealkylation sites (N-methyl/N-ethyl adjacent to an activating group) is 1. The van der Waals surface area contributed by atoms with Crippen LogP contribution in [0.1, 0.15) is 24.1 Å². The molecule has 0 radical (unpaired) electrons. The van der Waals surface area contributed by atoms with E-state index in [-0.39, 0.29) is 11.9 Å². The van der Waals surface area contributed by atoms with E-state index in [2.05, 4.69) is 40.3 Å². The van der Waals surface area contributed by atoms with Crippen molar-refractivity contribution in [2.75, 3.05) is 13.7 Å². The topological polar surface area (TPSA) is 21.3 Å². The number of halogens is 2.